The average Bonchev–Trinajstić information content (AvgIpc) is 2.18. The molecule has 0 fully saturated rings. The predicted octanol–water partition coefficient (Wildman–Crippen LogP) is 1.77. The van der Waals surface area contributed by atoms with Gasteiger partial charge in [0.15, 0.2) is 0 Å². The van der Waals surface area contributed by atoms with Crippen LogP contribution in [0.1, 0.15) is 11.1 Å². The number of carboxylic acids is 1. The maximum atomic E-state index is 10.5. The average molecular weight is 269 g/mol. The summed E-state index contributed by atoms with van der Waals surface area (Å²) in [6.07, 6.45) is -0.0662. The number of rotatable bonds is 2. The van der Waals surface area contributed by atoms with E-state index in [1.54, 1.807) is 12.1 Å². The fourth-order valence-corrected chi connectivity index (χ4v) is 1.24. The van der Waals surface area contributed by atoms with E-state index in [2.05, 4.69) is 27.8 Å². The molecule has 0 amide bonds. The number of phenolic OH excluding ortho intramolecular Hbond substituents is 1. The fraction of sp³-hybridized carbons (Fsp3) is 0.182. The number of carboxylic acid groups (broad SMARTS) is 1. The lowest BCUT2D eigenvalue weighted by molar-refractivity contribution is -0.136. The monoisotopic (exact) mass is 268 g/mol. The first-order valence-corrected chi connectivity index (χ1v) is 5.34. The van der Waals surface area contributed by atoms with Gasteiger partial charge in [0.1, 0.15) is 5.75 Å². The quantitative estimate of drug-likeness (QED) is 0.635. The van der Waals surface area contributed by atoms with Gasteiger partial charge in [0.05, 0.1) is 17.3 Å². The second kappa shape index (κ2) is 5.42. The van der Waals surface area contributed by atoms with Gasteiger partial charge >= 0.3 is 5.97 Å². The molecule has 0 aliphatic rings. The molecule has 3 nitrogen and oxygen atoms in total. The normalized spacial score (nSPS) is 9.13. The van der Waals surface area contributed by atoms with Gasteiger partial charge < -0.3 is 10.2 Å². The minimum absolute atomic E-state index is 0.0662. The van der Waals surface area contributed by atoms with Crippen LogP contribution < -0.4 is 0 Å². The zero-order chi connectivity index (χ0) is 11.3. The van der Waals surface area contributed by atoms with E-state index in [1.165, 1.54) is 6.07 Å². The van der Waals surface area contributed by atoms with Crippen LogP contribution in [0.3, 0.4) is 0 Å². The number of halogens is 1. The minimum Gasteiger partial charge on any atom is -0.507 e. The van der Waals surface area contributed by atoms with Crippen molar-refractivity contribution in [3.63, 3.8) is 0 Å². The molecule has 0 saturated heterocycles. The largest absolute Gasteiger partial charge is 0.507 e. The Balaban J connectivity index is 2.99. The molecule has 1 rings (SSSR count). The molecule has 4 heteroatoms. The molecular formula is C11H9BrO3. The van der Waals surface area contributed by atoms with Gasteiger partial charge in [-0.05, 0) is 17.7 Å². The standard InChI is InChI=1S/C11H9BrO3/c12-5-1-2-9-6-8(7-11(14)15)3-4-10(9)13/h3-4,6,13H,5,7H2,(H,14,15). The SMILES string of the molecule is O=C(O)Cc1ccc(O)c(C#CCBr)c1. The van der Waals surface area contributed by atoms with Gasteiger partial charge in [-0.3, -0.25) is 4.79 Å². The number of phenols is 1. The maximum Gasteiger partial charge on any atom is 0.307 e. The van der Waals surface area contributed by atoms with Crippen molar-refractivity contribution >= 4 is 21.9 Å². The van der Waals surface area contributed by atoms with Gasteiger partial charge in [-0.1, -0.05) is 33.8 Å². The molecule has 0 unspecified atom stereocenters. The number of alkyl halides is 1. The Hall–Kier alpha value is -1.47. The molecule has 2 N–H and O–H groups in total. The third-order valence-electron chi connectivity index (χ3n) is 1.71. The van der Waals surface area contributed by atoms with Crippen LogP contribution >= 0.6 is 15.9 Å². The smallest absolute Gasteiger partial charge is 0.307 e. The van der Waals surface area contributed by atoms with Crippen molar-refractivity contribution in [1.29, 1.82) is 0 Å². The molecule has 0 atom stereocenters. The molecule has 0 bridgehead atoms. The zero-order valence-electron chi connectivity index (χ0n) is 7.83. The van der Waals surface area contributed by atoms with Crippen LogP contribution in [0.25, 0.3) is 0 Å². The molecular weight excluding hydrogens is 260 g/mol. The second-order valence-corrected chi connectivity index (χ2v) is 3.42. The summed E-state index contributed by atoms with van der Waals surface area (Å²) in [5.41, 5.74) is 1.08. The van der Waals surface area contributed by atoms with E-state index in [1.807, 2.05) is 0 Å². The van der Waals surface area contributed by atoms with E-state index in [-0.39, 0.29) is 12.2 Å². The molecule has 0 saturated carbocycles. The van der Waals surface area contributed by atoms with Crippen molar-refractivity contribution in [3.8, 4) is 17.6 Å². The lowest BCUT2D eigenvalue weighted by atomic mass is 10.1. The summed E-state index contributed by atoms with van der Waals surface area (Å²) in [7, 11) is 0. The van der Waals surface area contributed by atoms with Crippen molar-refractivity contribution in [2.45, 2.75) is 6.42 Å². The van der Waals surface area contributed by atoms with Crippen LogP contribution in [0.15, 0.2) is 18.2 Å². The lowest BCUT2D eigenvalue weighted by Crippen LogP contribution is -2.00. The third kappa shape index (κ3) is 3.64. The molecule has 15 heavy (non-hydrogen) atoms. The van der Waals surface area contributed by atoms with Gasteiger partial charge in [-0.2, -0.15) is 0 Å². The first kappa shape index (κ1) is 11.6. The van der Waals surface area contributed by atoms with Crippen LogP contribution in [-0.2, 0) is 11.2 Å². The molecule has 0 aromatic heterocycles. The van der Waals surface area contributed by atoms with Gasteiger partial charge in [0.25, 0.3) is 0 Å². The van der Waals surface area contributed by atoms with Gasteiger partial charge in [0.2, 0.25) is 0 Å². The Kier molecular flexibility index (Phi) is 4.19. The molecule has 78 valence electrons. The first-order valence-electron chi connectivity index (χ1n) is 4.22. The summed E-state index contributed by atoms with van der Waals surface area (Å²) >= 11 is 3.14. The van der Waals surface area contributed by atoms with Gasteiger partial charge in [-0.25, -0.2) is 0 Å². The topological polar surface area (TPSA) is 57.5 Å². The van der Waals surface area contributed by atoms with Crippen LogP contribution in [-0.4, -0.2) is 21.5 Å². The highest BCUT2D eigenvalue weighted by molar-refractivity contribution is 9.09. The third-order valence-corrected chi connectivity index (χ3v) is 1.99. The Morgan fingerprint density at radius 3 is 2.80 bits per heavy atom. The summed E-state index contributed by atoms with van der Waals surface area (Å²) < 4.78 is 0. The molecule has 0 spiro atoms. The highest BCUT2D eigenvalue weighted by Gasteiger charge is 2.03. The minimum atomic E-state index is -0.903. The number of benzene rings is 1. The Bertz CT molecular complexity index is 429. The highest BCUT2D eigenvalue weighted by atomic mass is 79.9. The summed E-state index contributed by atoms with van der Waals surface area (Å²) in [6, 6.07) is 4.61. The number of carbonyl (C=O) groups is 1. The Labute approximate surface area is 95.9 Å². The zero-order valence-corrected chi connectivity index (χ0v) is 9.41. The van der Waals surface area contributed by atoms with Crippen LogP contribution in [0.4, 0.5) is 0 Å². The lowest BCUT2D eigenvalue weighted by Gasteiger charge is -2.00. The molecule has 0 radical (unpaired) electrons. The highest BCUT2D eigenvalue weighted by Crippen LogP contribution is 2.17. The molecule has 0 aliphatic heterocycles. The fourth-order valence-electron chi connectivity index (χ4n) is 1.10. The Morgan fingerprint density at radius 1 is 1.47 bits per heavy atom. The predicted molar refractivity (Wildman–Crippen MR) is 60.1 cm³/mol. The summed E-state index contributed by atoms with van der Waals surface area (Å²) in [5, 5.41) is 18.5. The van der Waals surface area contributed by atoms with E-state index >= 15 is 0 Å². The summed E-state index contributed by atoms with van der Waals surface area (Å²) in [5.74, 6) is 4.65. The molecule has 1 aromatic rings. The van der Waals surface area contributed by atoms with Crippen molar-refractivity contribution in [3.05, 3.63) is 29.3 Å². The molecule has 0 heterocycles. The van der Waals surface area contributed by atoms with E-state index in [0.717, 1.165) is 0 Å². The number of hydrogen-bond donors (Lipinski definition) is 2. The van der Waals surface area contributed by atoms with E-state index in [9.17, 15) is 9.90 Å². The van der Waals surface area contributed by atoms with Crippen molar-refractivity contribution in [2.75, 3.05) is 5.33 Å². The first-order chi connectivity index (χ1) is 7.13. The van der Waals surface area contributed by atoms with E-state index in [0.29, 0.717) is 16.5 Å². The summed E-state index contributed by atoms with van der Waals surface area (Å²) in [4.78, 5) is 10.5. The van der Waals surface area contributed by atoms with Gasteiger partial charge in [0, 0.05) is 0 Å². The van der Waals surface area contributed by atoms with Crippen LogP contribution in [0.5, 0.6) is 5.75 Å². The van der Waals surface area contributed by atoms with Crippen molar-refractivity contribution < 1.29 is 15.0 Å². The van der Waals surface area contributed by atoms with Crippen LogP contribution in [0, 0.1) is 11.8 Å². The Morgan fingerprint density at radius 2 is 2.20 bits per heavy atom. The van der Waals surface area contributed by atoms with Gasteiger partial charge in [-0.15, -0.1) is 0 Å². The number of aromatic hydroxyl groups is 1. The summed E-state index contributed by atoms with van der Waals surface area (Å²) in [6.45, 7) is 0. The van der Waals surface area contributed by atoms with Crippen molar-refractivity contribution in [2.24, 2.45) is 0 Å². The van der Waals surface area contributed by atoms with Crippen LogP contribution in [0.2, 0.25) is 0 Å². The van der Waals surface area contributed by atoms with E-state index < -0.39 is 5.97 Å². The maximum absolute atomic E-state index is 10.5. The molecule has 1 aromatic carbocycles. The van der Waals surface area contributed by atoms with Crippen molar-refractivity contribution in [1.82, 2.24) is 0 Å². The number of hydrogen-bond acceptors (Lipinski definition) is 2. The van der Waals surface area contributed by atoms with E-state index in [4.69, 9.17) is 5.11 Å². The number of aliphatic carboxylic acids is 1. The second-order valence-electron chi connectivity index (χ2n) is 2.86. The molecule has 0 aliphatic carbocycles.